The second kappa shape index (κ2) is 9.65. The maximum absolute atomic E-state index is 9.70. The van der Waals surface area contributed by atoms with Crippen LogP contribution in [0.1, 0.15) is 33.6 Å². The SMILES string of the molecule is CCCCOC(OCC)(C(C)OC)C(CO)(CO)CO. The molecule has 0 heterocycles. The molecular formula is C14H30O6. The quantitative estimate of drug-likeness (QED) is 0.359. The lowest BCUT2D eigenvalue weighted by Crippen LogP contribution is -2.64. The minimum Gasteiger partial charge on any atom is -0.395 e. The van der Waals surface area contributed by atoms with Gasteiger partial charge in [0.25, 0.3) is 0 Å². The number of hydrogen-bond acceptors (Lipinski definition) is 6. The lowest BCUT2D eigenvalue weighted by Gasteiger charge is -2.49. The molecule has 0 saturated carbocycles. The first-order valence-electron chi connectivity index (χ1n) is 7.17. The van der Waals surface area contributed by atoms with Crippen molar-refractivity contribution in [1.29, 1.82) is 0 Å². The van der Waals surface area contributed by atoms with Crippen LogP contribution in [0.4, 0.5) is 0 Å². The molecule has 20 heavy (non-hydrogen) atoms. The Bertz CT molecular complexity index is 236. The monoisotopic (exact) mass is 294 g/mol. The van der Waals surface area contributed by atoms with Crippen LogP contribution in [-0.4, -0.2) is 67.4 Å². The highest BCUT2D eigenvalue weighted by molar-refractivity contribution is 4.98. The highest BCUT2D eigenvalue weighted by Gasteiger charge is 2.57. The molecule has 2 unspecified atom stereocenters. The van der Waals surface area contributed by atoms with Gasteiger partial charge in [-0.2, -0.15) is 0 Å². The Hall–Kier alpha value is -0.240. The van der Waals surface area contributed by atoms with E-state index in [-0.39, 0.29) is 0 Å². The van der Waals surface area contributed by atoms with Gasteiger partial charge in [-0.25, -0.2) is 0 Å². The van der Waals surface area contributed by atoms with Crippen molar-refractivity contribution in [2.24, 2.45) is 5.41 Å². The zero-order valence-electron chi connectivity index (χ0n) is 13.1. The second-order valence-corrected chi connectivity index (χ2v) is 4.94. The maximum Gasteiger partial charge on any atom is 0.206 e. The van der Waals surface area contributed by atoms with Gasteiger partial charge in [0.15, 0.2) is 0 Å². The van der Waals surface area contributed by atoms with Crippen LogP contribution in [0.2, 0.25) is 0 Å². The Kier molecular flexibility index (Phi) is 9.54. The van der Waals surface area contributed by atoms with E-state index < -0.39 is 37.1 Å². The van der Waals surface area contributed by atoms with E-state index >= 15 is 0 Å². The Morgan fingerprint density at radius 2 is 1.55 bits per heavy atom. The summed E-state index contributed by atoms with van der Waals surface area (Å²) in [5, 5.41) is 29.1. The molecule has 0 radical (unpaired) electrons. The molecule has 0 aliphatic carbocycles. The Labute approximate surface area is 121 Å². The van der Waals surface area contributed by atoms with Crippen molar-refractivity contribution in [3.8, 4) is 0 Å². The van der Waals surface area contributed by atoms with E-state index in [1.165, 1.54) is 7.11 Å². The summed E-state index contributed by atoms with van der Waals surface area (Å²) in [6, 6.07) is 0. The molecule has 0 aromatic carbocycles. The van der Waals surface area contributed by atoms with Crippen molar-refractivity contribution >= 4 is 0 Å². The standard InChI is InChI=1S/C14H30O6/c1-5-7-8-20-14(19-6-2,12(3)18-4)13(9-15,10-16)11-17/h12,15-17H,5-11H2,1-4H3. The van der Waals surface area contributed by atoms with Crippen LogP contribution in [0.15, 0.2) is 0 Å². The summed E-state index contributed by atoms with van der Waals surface area (Å²) >= 11 is 0. The van der Waals surface area contributed by atoms with Crippen LogP contribution in [0.5, 0.6) is 0 Å². The van der Waals surface area contributed by atoms with Gasteiger partial charge < -0.3 is 29.5 Å². The van der Waals surface area contributed by atoms with Crippen molar-refractivity contribution in [3.05, 3.63) is 0 Å². The van der Waals surface area contributed by atoms with Gasteiger partial charge in [-0.1, -0.05) is 13.3 Å². The molecule has 6 heteroatoms. The van der Waals surface area contributed by atoms with E-state index in [4.69, 9.17) is 14.2 Å². The molecule has 122 valence electrons. The highest BCUT2D eigenvalue weighted by Crippen LogP contribution is 2.39. The number of aliphatic hydroxyl groups is 3. The minimum absolute atomic E-state index is 0.307. The number of ether oxygens (including phenoxy) is 3. The average molecular weight is 294 g/mol. The molecular weight excluding hydrogens is 264 g/mol. The van der Waals surface area contributed by atoms with Gasteiger partial charge in [0.2, 0.25) is 5.79 Å². The van der Waals surface area contributed by atoms with Gasteiger partial charge in [-0.15, -0.1) is 0 Å². The molecule has 2 atom stereocenters. The first-order chi connectivity index (χ1) is 9.53. The van der Waals surface area contributed by atoms with E-state index in [0.29, 0.717) is 13.2 Å². The molecule has 0 aliphatic rings. The number of hydrogen-bond donors (Lipinski definition) is 3. The topological polar surface area (TPSA) is 88.4 Å². The summed E-state index contributed by atoms with van der Waals surface area (Å²) in [5.74, 6) is -1.40. The lowest BCUT2D eigenvalue weighted by atomic mass is 9.78. The number of aliphatic hydroxyl groups excluding tert-OH is 3. The fourth-order valence-electron chi connectivity index (χ4n) is 2.23. The smallest absolute Gasteiger partial charge is 0.206 e. The third kappa shape index (κ3) is 3.90. The van der Waals surface area contributed by atoms with Crippen LogP contribution in [0.25, 0.3) is 0 Å². The summed E-state index contributed by atoms with van der Waals surface area (Å²) in [6.45, 7) is 4.84. The number of methoxy groups -OCH3 is 1. The van der Waals surface area contributed by atoms with Gasteiger partial charge in [0.05, 0.1) is 31.8 Å². The summed E-state index contributed by atoms with van der Waals surface area (Å²) in [5.41, 5.74) is -1.34. The summed E-state index contributed by atoms with van der Waals surface area (Å²) < 4.78 is 16.9. The van der Waals surface area contributed by atoms with Gasteiger partial charge in [0.1, 0.15) is 6.10 Å². The summed E-state index contributed by atoms with van der Waals surface area (Å²) in [4.78, 5) is 0. The zero-order chi connectivity index (χ0) is 15.6. The molecule has 3 N–H and O–H groups in total. The molecule has 0 spiro atoms. The van der Waals surface area contributed by atoms with Gasteiger partial charge in [0, 0.05) is 13.7 Å². The van der Waals surface area contributed by atoms with Crippen molar-refractivity contribution in [2.45, 2.75) is 45.5 Å². The molecule has 0 fully saturated rings. The molecule has 6 nitrogen and oxygen atoms in total. The lowest BCUT2D eigenvalue weighted by molar-refractivity contribution is -0.355. The fraction of sp³-hybridized carbons (Fsp3) is 1.00. The number of unbranched alkanes of at least 4 members (excludes halogenated alkanes) is 1. The molecule has 0 aliphatic heterocycles. The third-order valence-electron chi connectivity index (χ3n) is 3.71. The molecule has 0 aromatic rings. The van der Waals surface area contributed by atoms with E-state index in [9.17, 15) is 15.3 Å². The van der Waals surface area contributed by atoms with Gasteiger partial charge >= 0.3 is 0 Å². The zero-order valence-corrected chi connectivity index (χ0v) is 13.1. The van der Waals surface area contributed by atoms with E-state index in [1.807, 2.05) is 6.92 Å². The van der Waals surface area contributed by atoms with Crippen molar-refractivity contribution in [3.63, 3.8) is 0 Å². The average Bonchev–Trinajstić information content (AvgIpc) is 2.48. The predicted molar refractivity (Wildman–Crippen MR) is 75.4 cm³/mol. The first-order valence-corrected chi connectivity index (χ1v) is 7.17. The van der Waals surface area contributed by atoms with Crippen LogP contribution in [0.3, 0.4) is 0 Å². The van der Waals surface area contributed by atoms with Gasteiger partial charge in [-0.05, 0) is 20.3 Å². The minimum atomic E-state index is -1.40. The molecule has 0 saturated heterocycles. The van der Waals surface area contributed by atoms with Crippen molar-refractivity contribution < 1.29 is 29.5 Å². The van der Waals surface area contributed by atoms with E-state index in [1.54, 1.807) is 13.8 Å². The van der Waals surface area contributed by atoms with Crippen LogP contribution in [0, 0.1) is 5.41 Å². The van der Waals surface area contributed by atoms with Crippen molar-refractivity contribution in [1.82, 2.24) is 0 Å². The van der Waals surface area contributed by atoms with E-state index in [2.05, 4.69) is 0 Å². The molecule has 0 aromatic heterocycles. The van der Waals surface area contributed by atoms with Crippen LogP contribution in [-0.2, 0) is 14.2 Å². The maximum atomic E-state index is 9.70. The van der Waals surface area contributed by atoms with Crippen molar-refractivity contribution in [2.75, 3.05) is 40.1 Å². The molecule has 0 bridgehead atoms. The fourth-order valence-corrected chi connectivity index (χ4v) is 2.23. The van der Waals surface area contributed by atoms with E-state index in [0.717, 1.165) is 12.8 Å². The van der Waals surface area contributed by atoms with Crippen LogP contribution >= 0.6 is 0 Å². The first kappa shape index (κ1) is 19.8. The Morgan fingerprint density at radius 1 is 1.00 bits per heavy atom. The number of rotatable bonds is 12. The molecule has 0 rings (SSSR count). The second-order valence-electron chi connectivity index (χ2n) is 4.94. The van der Waals surface area contributed by atoms with Crippen LogP contribution < -0.4 is 0 Å². The molecule has 0 amide bonds. The predicted octanol–water partition coefficient (Wildman–Crippen LogP) is 0.534. The summed E-state index contributed by atoms with van der Waals surface area (Å²) in [7, 11) is 1.50. The van der Waals surface area contributed by atoms with Gasteiger partial charge in [-0.3, -0.25) is 0 Å². The third-order valence-corrected chi connectivity index (χ3v) is 3.71. The Balaban J connectivity index is 5.55. The summed E-state index contributed by atoms with van der Waals surface area (Å²) in [6.07, 6.45) is 1.18. The highest BCUT2D eigenvalue weighted by atomic mass is 16.7. The Morgan fingerprint density at radius 3 is 1.90 bits per heavy atom. The normalized spacial score (nSPS) is 16.9. The largest absolute Gasteiger partial charge is 0.395 e.